The van der Waals surface area contributed by atoms with E-state index >= 15 is 0 Å². The van der Waals surface area contributed by atoms with E-state index in [4.69, 9.17) is 0 Å². The molecule has 8 atom stereocenters. The summed E-state index contributed by atoms with van der Waals surface area (Å²) in [5.74, 6) is 5.46. The highest BCUT2D eigenvalue weighted by Gasteiger charge is 2.59. The van der Waals surface area contributed by atoms with E-state index in [1.54, 1.807) is 5.57 Å². The Kier molecular flexibility index (Phi) is 8.10. The van der Waals surface area contributed by atoms with E-state index in [0.29, 0.717) is 10.8 Å². The summed E-state index contributed by atoms with van der Waals surface area (Å²) in [6.45, 7) is 12.6. The third-order valence-electron chi connectivity index (χ3n) is 10.3. The van der Waals surface area contributed by atoms with Gasteiger partial charge < -0.3 is 5.11 Å². The molecule has 1 unspecified atom stereocenters. The molecule has 3 saturated carbocycles. The Morgan fingerprint density at radius 2 is 1.73 bits per heavy atom. The average molecular weight is 437 g/mol. The maximum absolute atomic E-state index is 10.2. The second kappa shape index (κ2) is 9.86. The van der Waals surface area contributed by atoms with Crippen molar-refractivity contribution >= 4 is 11.6 Å². The minimum atomic E-state index is -0.0766. The van der Waals surface area contributed by atoms with E-state index in [9.17, 15) is 5.11 Å². The summed E-state index contributed by atoms with van der Waals surface area (Å²) < 4.78 is 0. The first-order chi connectivity index (χ1) is 14.3. The predicted molar refractivity (Wildman–Crippen MR) is 131 cm³/mol. The second-order valence-corrected chi connectivity index (χ2v) is 12.2. The van der Waals surface area contributed by atoms with Crippen LogP contribution in [0.1, 0.15) is 105 Å². The molecule has 0 amide bonds. The summed E-state index contributed by atoms with van der Waals surface area (Å²) in [5.41, 5.74) is 2.60. The molecule has 4 aliphatic carbocycles. The van der Waals surface area contributed by atoms with Crippen molar-refractivity contribution in [1.82, 2.24) is 0 Å². The summed E-state index contributed by atoms with van der Waals surface area (Å²) in [6, 6.07) is 0. The fourth-order valence-corrected chi connectivity index (χ4v) is 8.67. The van der Waals surface area contributed by atoms with Crippen LogP contribution in [0.4, 0.5) is 0 Å². The van der Waals surface area contributed by atoms with E-state index in [-0.39, 0.29) is 6.10 Å². The molecule has 0 radical (unpaired) electrons. The molecule has 30 heavy (non-hydrogen) atoms. The van der Waals surface area contributed by atoms with Crippen LogP contribution in [0.15, 0.2) is 11.6 Å². The van der Waals surface area contributed by atoms with Crippen LogP contribution in [0.25, 0.3) is 0 Å². The fourth-order valence-electron chi connectivity index (χ4n) is 8.67. The fraction of sp³-hybridized carbons (Fsp3) is 0.929. The van der Waals surface area contributed by atoms with Gasteiger partial charge in [0.25, 0.3) is 0 Å². The number of alkyl halides is 1. The number of hydrogen-bond acceptors (Lipinski definition) is 1. The predicted octanol–water partition coefficient (Wildman–Crippen LogP) is 8.24. The highest BCUT2D eigenvalue weighted by molar-refractivity contribution is 6.15. The number of halogens is 1. The maximum atomic E-state index is 10.2. The number of allylic oxidation sites excluding steroid dienone is 1. The van der Waals surface area contributed by atoms with Gasteiger partial charge in [0.05, 0.1) is 6.10 Å². The van der Waals surface area contributed by atoms with Crippen molar-refractivity contribution in [2.24, 2.45) is 46.3 Å². The molecular formula is C28H49ClO. The lowest BCUT2D eigenvalue weighted by Crippen LogP contribution is -2.50. The Morgan fingerprint density at radius 1 is 1.00 bits per heavy atom. The molecule has 4 rings (SSSR count). The first-order valence-corrected chi connectivity index (χ1v) is 13.8. The Labute approximate surface area is 192 Å². The SMILES string of the molecule is CC(C)CCCC(C)[C@H]1CC[C@H]2[C@@H]3CC=C4C[C@@H](O)CC[C@]4(C)[C@H]3CC[C@]12C.CCl. The number of hydrogen-bond donors (Lipinski definition) is 1. The molecule has 2 heteroatoms. The van der Waals surface area contributed by atoms with Gasteiger partial charge in [-0.25, -0.2) is 0 Å². The number of fused-ring (bicyclic) bond motifs is 5. The maximum Gasteiger partial charge on any atom is 0.0577 e. The van der Waals surface area contributed by atoms with Crippen molar-refractivity contribution in [2.45, 2.75) is 111 Å². The largest absolute Gasteiger partial charge is 0.393 e. The van der Waals surface area contributed by atoms with Crippen LogP contribution < -0.4 is 0 Å². The Bertz CT molecular complexity index is 597. The number of aliphatic hydroxyl groups is 1. The van der Waals surface area contributed by atoms with Gasteiger partial charge in [-0.05, 0) is 97.7 Å². The molecule has 4 aliphatic rings. The van der Waals surface area contributed by atoms with Gasteiger partial charge in [-0.3, -0.25) is 0 Å². The molecule has 0 spiro atoms. The van der Waals surface area contributed by atoms with Crippen LogP contribution in [0.3, 0.4) is 0 Å². The zero-order valence-corrected chi connectivity index (χ0v) is 21.5. The van der Waals surface area contributed by atoms with Crippen LogP contribution >= 0.6 is 11.6 Å². The molecule has 174 valence electrons. The molecule has 0 aromatic carbocycles. The summed E-state index contributed by atoms with van der Waals surface area (Å²) in [4.78, 5) is 0. The highest BCUT2D eigenvalue weighted by atomic mass is 35.5. The van der Waals surface area contributed by atoms with Crippen molar-refractivity contribution in [3.8, 4) is 0 Å². The molecule has 0 aromatic heterocycles. The van der Waals surface area contributed by atoms with Crippen LogP contribution in [-0.4, -0.2) is 17.6 Å². The topological polar surface area (TPSA) is 20.2 Å². The van der Waals surface area contributed by atoms with Crippen molar-refractivity contribution in [3.05, 3.63) is 11.6 Å². The zero-order valence-electron chi connectivity index (χ0n) is 20.7. The first-order valence-electron chi connectivity index (χ1n) is 13.0. The molecule has 1 N–H and O–H groups in total. The van der Waals surface area contributed by atoms with Crippen molar-refractivity contribution < 1.29 is 5.11 Å². The Hall–Kier alpha value is -0.0100. The Morgan fingerprint density at radius 3 is 2.43 bits per heavy atom. The smallest absolute Gasteiger partial charge is 0.0577 e. The lowest BCUT2D eigenvalue weighted by Gasteiger charge is -2.58. The van der Waals surface area contributed by atoms with Gasteiger partial charge in [-0.2, -0.15) is 0 Å². The van der Waals surface area contributed by atoms with Crippen molar-refractivity contribution in [3.63, 3.8) is 0 Å². The monoisotopic (exact) mass is 436 g/mol. The van der Waals surface area contributed by atoms with Gasteiger partial charge in [0.1, 0.15) is 0 Å². The summed E-state index contributed by atoms with van der Waals surface area (Å²) in [5, 5.41) is 10.2. The lowest BCUT2D eigenvalue weighted by atomic mass is 9.47. The second-order valence-electron chi connectivity index (χ2n) is 12.2. The van der Waals surface area contributed by atoms with Crippen LogP contribution in [0.5, 0.6) is 0 Å². The van der Waals surface area contributed by atoms with Gasteiger partial charge in [0.15, 0.2) is 0 Å². The van der Waals surface area contributed by atoms with Crippen LogP contribution in [0, 0.1) is 46.3 Å². The van der Waals surface area contributed by atoms with Crippen molar-refractivity contribution in [1.29, 1.82) is 0 Å². The van der Waals surface area contributed by atoms with E-state index in [0.717, 1.165) is 48.3 Å². The Balaban J connectivity index is 0.00000124. The molecule has 0 aromatic rings. The molecular weight excluding hydrogens is 388 g/mol. The van der Waals surface area contributed by atoms with Gasteiger partial charge in [-0.1, -0.05) is 65.5 Å². The van der Waals surface area contributed by atoms with Crippen LogP contribution in [0.2, 0.25) is 0 Å². The normalized spacial score (nSPS) is 43.6. The molecule has 1 nitrogen and oxygen atoms in total. The third-order valence-corrected chi connectivity index (χ3v) is 10.3. The average Bonchev–Trinajstić information content (AvgIpc) is 3.07. The van der Waals surface area contributed by atoms with Crippen molar-refractivity contribution in [2.75, 3.05) is 6.38 Å². The highest BCUT2D eigenvalue weighted by Crippen LogP contribution is 2.67. The van der Waals surface area contributed by atoms with E-state index in [1.807, 2.05) is 0 Å². The standard InChI is InChI=1S/C27H46O.CH3Cl/c1-18(2)7-6-8-19(3)23-11-12-24-22-10-9-20-17-21(28)13-15-26(20,4)25(22)14-16-27(23,24)5;1-2/h9,18-19,21-25,28H,6-8,10-17H2,1-5H3;1H3/t19?,21-,22-,23+,24-,25-,26-,27+;/m0./s1. The summed E-state index contributed by atoms with van der Waals surface area (Å²) in [7, 11) is 0. The van der Waals surface area contributed by atoms with E-state index in [2.05, 4.69) is 52.3 Å². The van der Waals surface area contributed by atoms with Gasteiger partial charge in [-0.15, -0.1) is 11.6 Å². The molecule has 0 aliphatic heterocycles. The third kappa shape index (κ3) is 4.41. The first kappa shape index (κ1) is 24.6. The van der Waals surface area contributed by atoms with E-state index in [1.165, 1.54) is 64.2 Å². The number of rotatable bonds is 5. The minimum absolute atomic E-state index is 0.0766. The van der Waals surface area contributed by atoms with Gasteiger partial charge in [0.2, 0.25) is 0 Å². The van der Waals surface area contributed by atoms with Crippen LogP contribution in [-0.2, 0) is 0 Å². The van der Waals surface area contributed by atoms with Gasteiger partial charge in [0, 0.05) is 6.38 Å². The molecule has 0 saturated heterocycles. The van der Waals surface area contributed by atoms with E-state index < -0.39 is 0 Å². The number of aliphatic hydroxyl groups excluding tert-OH is 1. The zero-order chi connectivity index (χ0) is 22.1. The summed E-state index contributed by atoms with van der Waals surface area (Å²) >= 11 is 4.64. The molecule has 0 bridgehead atoms. The minimum Gasteiger partial charge on any atom is -0.393 e. The lowest BCUT2D eigenvalue weighted by molar-refractivity contribution is -0.0573. The quantitative estimate of drug-likeness (QED) is 0.339. The molecule has 0 heterocycles. The van der Waals surface area contributed by atoms with Gasteiger partial charge >= 0.3 is 0 Å². The summed E-state index contributed by atoms with van der Waals surface area (Å²) in [6.07, 6.45) is 18.6. The molecule has 3 fully saturated rings.